The molecule has 2 aromatic rings. The lowest BCUT2D eigenvalue weighted by Gasteiger charge is -2.20. The van der Waals surface area contributed by atoms with Crippen LogP contribution in [-0.4, -0.2) is 30.3 Å². The average molecular weight is 391 g/mol. The Kier molecular flexibility index (Phi) is 5.09. The molecule has 3 amide bonds. The van der Waals surface area contributed by atoms with E-state index in [0.29, 0.717) is 17.8 Å². The minimum atomic E-state index is -0.425. The highest BCUT2D eigenvalue weighted by atomic mass is 16.2. The fraction of sp³-hybridized carbons (Fsp3) is 0.348. The molecule has 1 aliphatic heterocycles. The summed E-state index contributed by atoms with van der Waals surface area (Å²) in [7, 11) is 0. The average Bonchev–Trinajstić information content (AvgIpc) is 3.43. The van der Waals surface area contributed by atoms with E-state index in [-0.39, 0.29) is 30.2 Å². The summed E-state index contributed by atoms with van der Waals surface area (Å²) in [5.74, 6) is -0.797. The van der Waals surface area contributed by atoms with Gasteiger partial charge in [0.05, 0.1) is 5.92 Å². The van der Waals surface area contributed by atoms with Crippen molar-refractivity contribution < 1.29 is 14.4 Å². The van der Waals surface area contributed by atoms with Gasteiger partial charge in [-0.1, -0.05) is 18.2 Å². The number of hydrogen-bond acceptors (Lipinski definition) is 3. The third-order valence-electron chi connectivity index (χ3n) is 5.67. The molecule has 1 aliphatic carbocycles. The van der Waals surface area contributed by atoms with Gasteiger partial charge in [0.15, 0.2) is 0 Å². The summed E-state index contributed by atoms with van der Waals surface area (Å²) in [6, 6.07) is 13.0. The normalized spacial score (nSPS) is 18.6. The molecule has 6 heteroatoms. The molecule has 1 saturated heterocycles. The molecule has 1 unspecified atom stereocenters. The third-order valence-corrected chi connectivity index (χ3v) is 5.67. The SMILES string of the molecule is Cc1cccc(N2CC(C(=O)Nc3cccc(C(=O)NC4CC4)c3)CC2=O)c1C. The van der Waals surface area contributed by atoms with Crippen molar-refractivity contribution in [3.63, 3.8) is 0 Å². The van der Waals surface area contributed by atoms with E-state index < -0.39 is 5.92 Å². The molecule has 1 saturated carbocycles. The van der Waals surface area contributed by atoms with E-state index in [1.807, 2.05) is 32.0 Å². The molecule has 0 bridgehead atoms. The highest BCUT2D eigenvalue weighted by Crippen LogP contribution is 2.30. The lowest BCUT2D eigenvalue weighted by molar-refractivity contribution is -0.122. The number of nitrogens with zero attached hydrogens (tertiary/aromatic N) is 1. The maximum atomic E-state index is 12.8. The third kappa shape index (κ3) is 4.16. The van der Waals surface area contributed by atoms with E-state index in [9.17, 15) is 14.4 Å². The van der Waals surface area contributed by atoms with Crippen LogP contribution in [0.2, 0.25) is 0 Å². The zero-order chi connectivity index (χ0) is 20.5. The van der Waals surface area contributed by atoms with Crippen LogP contribution in [0, 0.1) is 19.8 Å². The first-order chi connectivity index (χ1) is 13.9. The highest BCUT2D eigenvalue weighted by molar-refractivity contribution is 6.04. The second-order valence-corrected chi connectivity index (χ2v) is 7.94. The molecular formula is C23H25N3O3. The summed E-state index contributed by atoms with van der Waals surface area (Å²) in [5, 5.41) is 5.81. The predicted octanol–water partition coefficient (Wildman–Crippen LogP) is 3.19. The Morgan fingerprint density at radius 3 is 2.59 bits per heavy atom. The number of aryl methyl sites for hydroxylation is 1. The first kappa shape index (κ1) is 19.2. The lowest BCUT2D eigenvalue weighted by Crippen LogP contribution is -2.29. The predicted molar refractivity (Wildman–Crippen MR) is 112 cm³/mol. The van der Waals surface area contributed by atoms with Crippen molar-refractivity contribution in [2.24, 2.45) is 5.92 Å². The summed E-state index contributed by atoms with van der Waals surface area (Å²) < 4.78 is 0. The molecule has 6 nitrogen and oxygen atoms in total. The number of carbonyl (C=O) groups excluding carboxylic acids is 3. The van der Waals surface area contributed by atoms with E-state index in [1.54, 1.807) is 29.2 Å². The van der Waals surface area contributed by atoms with Gasteiger partial charge in [-0.3, -0.25) is 14.4 Å². The standard InChI is InChI=1S/C23H25N3O3/c1-14-5-3-8-20(15(14)2)26-13-17(12-21(26)27)23(29)25-19-7-4-6-16(11-19)22(28)24-18-9-10-18/h3-8,11,17-18H,9-10,12-13H2,1-2H3,(H,24,28)(H,25,29). The Labute approximate surface area is 170 Å². The molecule has 0 aromatic heterocycles. The largest absolute Gasteiger partial charge is 0.349 e. The van der Waals surface area contributed by atoms with Crippen LogP contribution in [0.15, 0.2) is 42.5 Å². The number of nitrogens with one attached hydrogen (secondary N) is 2. The number of rotatable bonds is 5. The minimum Gasteiger partial charge on any atom is -0.349 e. The topological polar surface area (TPSA) is 78.5 Å². The van der Waals surface area contributed by atoms with Crippen LogP contribution in [0.4, 0.5) is 11.4 Å². The Bertz CT molecular complexity index is 981. The van der Waals surface area contributed by atoms with Gasteiger partial charge in [-0.2, -0.15) is 0 Å². The monoisotopic (exact) mass is 391 g/mol. The van der Waals surface area contributed by atoms with Crippen molar-refractivity contribution in [2.75, 3.05) is 16.8 Å². The van der Waals surface area contributed by atoms with Gasteiger partial charge in [0, 0.05) is 35.9 Å². The van der Waals surface area contributed by atoms with Gasteiger partial charge in [0.1, 0.15) is 0 Å². The van der Waals surface area contributed by atoms with E-state index in [4.69, 9.17) is 0 Å². The molecule has 29 heavy (non-hydrogen) atoms. The molecule has 2 N–H and O–H groups in total. The summed E-state index contributed by atoms with van der Waals surface area (Å²) in [6.45, 7) is 4.36. The van der Waals surface area contributed by atoms with Crippen molar-refractivity contribution in [3.8, 4) is 0 Å². The van der Waals surface area contributed by atoms with Gasteiger partial charge in [0.2, 0.25) is 11.8 Å². The maximum Gasteiger partial charge on any atom is 0.251 e. The Morgan fingerprint density at radius 1 is 1.07 bits per heavy atom. The van der Waals surface area contributed by atoms with Crippen LogP contribution >= 0.6 is 0 Å². The quantitative estimate of drug-likeness (QED) is 0.822. The smallest absolute Gasteiger partial charge is 0.251 e. The van der Waals surface area contributed by atoms with Crippen LogP contribution in [0.1, 0.15) is 40.7 Å². The van der Waals surface area contributed by atoms with Gasteiger partial charge in [0.25, 0.3) is 5.91 Å². The van der Waals surface area contributed by atoms with Gasteiger partial charge >= 0.3 is 0 Å². The van der Waals surface area contributed by atoms with E-state index in [0.717, 1.165) is 29.7 Å². The van der Waals surface area contributed by atoms with Crippen LogP contribution in [0.25, 0.3) is 0 Å². The fourth-order valence-electron chi connectivity index (χ4n) is 3.62. The Hall–Kier alpha value is -3.15. The minimum absolute atomic E-state index is 0.0450. The molecule has 2 aliphatic rings. The van der Waals surface area contributed by atoms with Crippen molar-refractivity contribution >= 4 is 29.1 Å². The first-order valence-corrected chi connectivity index (χ1v) is 10.0. The number of hydrogen-bond donors (Lipinski definition) is 2. The molecule has 2 aromatic carbocycles. The fourth-order valence-corrected chi connectivity index (χ4v) is 3.62. The van der Waals surface area contributed by atoms with Crippen molar-refractivity contribution in [3.05, 3.63) is 59.2 Å². The van der Waals surface area contributed by atoms with Crippen LogP contribution in [0.3, 0.4) is 0 Å². The number of anilines is 2. The molecule has 4 rings (SSSR count). The van der Waals surface area contributed by atoms with Gasteiger partial charge < -0.3 is 15.5 Å². The van der Waals surface area contributed by atoms with Crippen LogP contribution in [-0.2, 0) is 9.59 Å². The summed E-state index contributed by atoms with van der Waals surface area (Å²) in [5.41, 5.74) is 4.12. The second kappa shape index (κ2) is 7.70. The molecule has 1 atom stereocenters. The Morgan fingerprint density at radius 2 is 1.83 bits per heavy atom. The molecule has 0 spiro atoms. The summed E-state index contributed by atoms with van der Waals surface area (Å²) in [4.78, 5) is 39.2. The van der Waals surface area contributed by atoms with Crippen molar-refractivity contribution in [1.82, 2.24) is 5.32 Å². The molecule has 1 heterocycles. The van der Waals surface area contributed by atoms with Crippen LogP contribution < -0.4 is 15.5 Å². The zero-order valence-electron chi connectivity index (χ0n) is 16.7. The van der Waals surface area contributed by atoms with E-state index in [2.05, 4.69) is 10.6 Å². The van der Waals surface area contributed by atoms with Crippen molar-refractivity contribution in [1.29, 1.82) is 0 Å². The first-order valence-electron chi connectivity index (χ1n) is 10.0. The summed E-state index contributed by atoms with van der Waals surface area (Å²) >= 11 is 0. The lowest BCUT2D eigenvalue weighted by atomic mass is 10.1. The van der Waals surface area contributed by atoms with E-state index in [1.165, 1.54) is 0 Å². The number of benzene rings is 2. The van der Waals surface area contributed by atoms with Crippen molar-refractivity contribution in [2.45, 2.75) is 39.2 Å². The zero-order valence-corrected chi connectivity index (χ0v) is 16.7. The molecule has 2 fully saturated rings. The second-order valence-electron chi connectivity index (χ2n) is 7.94. The maximum absolute atomic E-state index is 12.8. The number of amides is 3. The molecule has 150 valence electrons. The van der Waals surface area contributed by atoms with Gasteiger partial charge in [-0.05, 0) is 62.1 Å². The van der Waals surface area contributed by atoms with Crippen LogP contribution in [0.5, 0.6) is 0 Å². The summed E-state index contributed by atoms with van der Waals surface area (Å²) in [6.07, 6.45) is 2.23. The highest BCUT2D eigenvalue weighted by Gasteiger charge is 2.36. The Balaban J connectivity index is 1.43. The molecular weight excluding hydrogens is 366 g/mol. The van der Waals surface area contributed by atoms with E-state index >= 15 is 0 Å². The van der Waals surface area contributed by atoms with Gasteiger partial charge in [-0.25, -0.2) is 0 Å². The van der Waals surface area contributed by atoms with Gasteiger partial charge in [-0.15, -0.1) is 0 Å². The molecule has 0 radical (unpaired) electrons. The number of carbonyl (C=O) groups is 3.